The van der Waals surface area contributed by atoms with Crippen molar-refractivity contribution in [3.05, 3.63) is 34.9 Å². The van der Waals surface area contributed by atoms with Crippen LogP contribution in [0, 0.1) is 18.6 Å². The Bertz CT molecular complexity index is 440. The van der Waals surface area contributed by atoms with Gasteiger partial charge in [0.05, 0.1) is 18.2 Å². The van der Waals surface area contributed by atoms with Gasteiger partial charge in [0.1, 0.15) is 11.6 Å². The first-order chi connectivity index (χ1) is 8.49. The van der Waals surface area contributed by atoms with Crippen LogP contribution in [-0.2, 0) is 4.74 Å². The van der Waals surface area contributed by atoms with E-state index in [9.17, 15) is 13.6 Å². The number of alkyl halides is 1. The number of carbonyl (C=O) groups is 1. The molecule has 1 unspecified atom stereocenters. The maximum atomic E-state index is 13.5. The second-order valence-electron chi connectivity index (χ2n) is 3.86. The first-order valence-corrected chi connectivity index (χ1v) is 6.43. The van der Waals surface area contributed by atoms with E-state index in [1.165, 1.54) is 20.1 Å². The maximum Gasteiger partial charge on any atom is 0.254 e. The molecule has 1 rings (SSSR count). The number of hydrogen-bond donors (Lipinski definition) is 1. The van der Waals surface area contributed by atoms with Crippen LogP contribution in [-0.4, -0.2) is 31.0 Å². The Kier molecular flexibility index (Phi) is 5.68. The lowest BCUT2D eigenvalue weighted by Crippen LogP contribution is -2.39. The molecule has 3 nitrogen and oxygen atoms in total. The van der Waals surface area contributed by atoms with E-state index in [-0.39, 0.29) is 17.2 Å². The molecule has 0 aliphatic heterocycles. The van der Waals surface area contributed by atoms with Crippen molar-refractivity contribution in [1.29, 1.82) is 0 Å². The third kappa shape index (κ3) is 3.74. The predicted molar refractivity (Wildman–Crippen MR) is 68.0 cm³/mol. The summed E-state index contributed by atoms with van der Waals surface area (Å²) in [6, 6.07) is 1.63. The number of carbonyl (C=O) groups excluding carboxylic acids is 1. The van der Waals surface area contributed by atoms with Crippen LogP contribution < -0.4 is 5.32 Å². The average Bonchev–Trinajstić information content (AvgIpc) is 2.33. The maximum absolute atomic E-state index is 13.5. The van der Waals surface area contributed by atoms with Crippen molar-refractivity contribution in [3.8, 4) is 0 Å². The number of hydrogen-bond acceptors (Lipinski definition) is 2. The van der Waals surface area contributed by atoms with Crippen LogP contribution in [0.25, 0.3) is 0 Å². The van der Waals surface area contributed by atoms with Crippen molar-refractivity contribution in [1.82, 2.24) is 5.32 Å². The topological polar surface area (TPSA) is 38.3 Å². The van der Waals surface area contributed by atoms with Crippen LogP contribution >= 0.6 is 15.9 Å². The Morgan fingerprint density at radius 2 is 2.11 bits per heavy atom. The Balaban J connectivity index is 2.87. The molecule has 18 heavy (non-hydrogen) atoms. The fourth-order valence-corrected chi connectivity index (χ4v) is 1.77. The molecule has 0 aliphatic carbocycles. The zero-order valence-electron chi connectivity index (χ0n) is 10.1. The molecule has 1 aromatic rings. The largest absolute Gasteiger partial charge is 0.383 e. The van der Waals surface area contributed by atoms with Crippen molar-refractivity contribution in [3.63, 3.8) is 0 Å². The van der Waals surface area contributed by atoms with Crippen LogP contribution in [0.4, 0.5) is 8.78 Å². The summed E-state index contributed by atoms with van der Waals surface area (Å²) in [7, 11) is 1.50. The second-order valence-corrected chi connectivity index (χ2v) is 4.51. The molecule has 100 valence electrons. The summed E-state index contributed by atoms with van der Waals surface area (Å²) in [5, 5.41) is 3.08. The van der Waals surface area contributed by atoms with Crippen LogP contribution in [0.3, 0.4) is 0 Å². The third-order valence-electron chi connectivity index (χ3n) is 2.38. The van der Waals surface area contributed by atoms with Gasteiger partial charge in [-0.2, -0.15) is 0 Å². The number of nitrogens with one attached hydrogen (secondary N) is 1. The van der Waals surface area contributed by atoms with Gasteiger partial charge in [0.2, 0.25) is 0 Å². The van der Waals surface area contributed by atoms with Crippen LogP contribution in [0.1, 0.15) is 15.9 Å². The van der Waals surface area contributed by atoms with E-state index in [1.54, 1.807) is 0 Å². The van der Waals surface area contributed by atoms with Gasteiger partial charge >= 0.3 is 0 Å². The molecule has 1 aromatic carbocycles. The molecular formula is C12H14BrF2NO2. The average molecular weight is 322 g/mol. The number of amides is 1. The van der Waals surface area contributed by atoms with E-state index in [2.05, 4.69) is 21.2 Å². The highest BCUT2D eigenvalue weighted by Crippen LogP contribution is 2.14. The molecule has 1 N–H and O–H groups in total. The molecule has 0 saturated heterocycles. The van der Waals surface area contributed by atoms with Gasteiger partial charge in [-0.05, 0) is 18.6 Å². The number of methoxy groups -OCH3 is 1. The zero-order chi connectivity index (χ0) is 13.7. The lowest BCUT2D eigenvalue weighted by atomic mass is 10.1. The van der Waals surface area contributed by atoms with Gasteiger partial charge in [-0.3, -0.25) is 4.79 Å². The minimum absolute atomic E-state index is 0.170. The Hall–Kier alpha value is -1.01. The molecule has 0 bridgehead atoms. The van der Waals surface area contributed by atoms with Crippen molar-refractivity contribution in [2.45, 2.75) is 13.0 Å². The summed E-state index contributed by atoms with van der Waals surface area (Å²) < 4.78 is 31.5. The summed E-state index contributed by atoms with van der Waals surface area (Å²) >= 11 is 3.21. The van der Waals surface area contributed by atoms with Crippen LogP contribution in [0.2, 0.25) is 0 Å². The second kappa shape index (κ2) is 6.80. The standard InChI is InChI=1S/C12H14BrF2NO2/c1-7-3-9(11(15)4-10(7)14)12(17)16-8(5-13)6-18-2/h3-4,8H,5-6H2,1-2H3,(H,16,17). The molecule has 0 radical (unpaired) electrons. The van der Waals surface area contributed by atoms with Gasteiger partial charge in [-0.15, -0.1) is 0 Å². The monoisotopic (exact) mass is 321 g/mol. The SMILES string of the molecule is COCC(CBr)NC(=O)c1cc(C)c(F)cc1F. The van der Waals surface area contributed by atoms with E-state index in [0.29, 0.717) is 18.0 Å². The lowest BCUT2D eigenvalue weighted by Gasteiger charge is -2.15. The van der Waals surface area contributed by atoms with E-state index in [0.717, 1.165) is 0 Å². The predicted octanol–water partition coefficient (Wildman–Crippen LogP) is 2.41. The molecule has 0 fully saturated rings. The first-order valence-electron chi connectivity index (χ1n) is 5.31. The third-order valence-corrected chi connectivity index (χ3v) is 3.16. The number of ether oxygens (including phenoxy) is 1. The highest BCUT2D eigenvalue weighted by atomic mass is 79.9. The first kappa shape index (κ1) is 15.0. The molecule has 0 aliphatic rings. The summed E-state index contributed by atoms with van der Waals surface area (Å²) in [6.07, 6.45) is 0. The molecule has 1 atom stereocenters. The van der Waals surface area contributed by atoms with Gasteiger partial charge in [0, 0.05) is 18.5 Å². The van der Waals surface area contributed by atoms with E-state index in [1.807, 2.05) is 0 Å². The fourth-order valence-electron chi connectivity index (χ4n) is 1.42. The zero-order valence-corrected chi connectivity index (χ0v) is 11.7. The van der Waals surface area contributed by atoms with Gasteiger partial charge in [-0.1, -0.05) is 15.9 Å². The van der Waals surface area contributed by atoms with Gasteiger partial charge in [-0.25, -0.2) is 8.78 Å². The van der Waals surface area contributed by atoms with Crippen molar-refractivity contribution >= 4 is 21.8 Å². The number of halogens is 3. The van der Waals surface area contributed by atoms with Crippen LogP contribution in [0.5, 0.6) is 0 Å². The summed E-state index contributed by atoms with van der Waals surface area (Å²) in [5.74, 6) is -2.13. The molecule has 1 amide bonds. The number of rotatable bonds is 5. The molecule has 0 spiro atoms. The normalized spacial score (nSPS) is 12.3. The summed E-state index contributed by atoms with van der Waals surface area (Å²) in [6.45, 7) is 1.78. The Morgan fingerprint density at radius 1 is 1.44 bits per heavy atom. The number of aryl methyl sites for hydroxylation is 1. The summed E-state index contributed by atoms with van der Waals surface area (Å²) in [5.41, 5.74) is 0.0552. The molecule has 0 aromatic heterocycles. The highest BCUT2D eigenvalue weighted by molar-refractivity contribution is 9.09. The smallest absolute Gasteiger partial charge is 0.254 e. The van der Waals surface area contributed by atoms with E-state index < -0.39 is 17.5 Å². The quantitative estimate of drug-likeness (QED) is 0.846. The van der Waals surface area contributed by atoms with Crippen LogP contribution in [0.15, 0.2) is 12.1 Å². The van der Waals surface area contributed by atoms with Gasteiger partial charge in [0.25, 0.3) is 5.91 Å². The van der Waals surface area contributed by atoms with Gasteiger partial charge < -0.3 is 10.1 Å². The molecule has 0 saturated carbocycles. The molecule has 0 heterocycles. The highest BCUT2D eigenvalue weighted by Gasteiger charge is 2.17. The minimum Gasteiger partial charge on any atom is -0.383 e. The van der Waals surface area contributed by atoms with Gasteiger partial charge in [0.15, 0.2) is 0 Å². The molecular weight excluding hydrogens is 308 g/mol. The fraction of sp³-hybridized carbons (Fsp3) is 0.417. The van der Waals surface area contributed by atoms with E-state index >= 15 is 0 Å². The van der Waals surface area contributed by atoms with Crippen molar-refractivity contribution < 1.29 is 18.3 Å². The Morgan fingerprint density at radius 3 is 2.67 bits per heavy atom. The lowest BCUT2D eigenvalue weighted by molar-refractivity contribution is 0.0903. The summed E-state index contributed by atoms with van der Waals surface area (Å²) in [4.78, 5) is 11.8. The minimum atomic E-state index is -0.874. The Labute approximate surface area is 113 Å². The van der Waals surface area contributed by atoms with Crippen molar-refractivity contribution in [2.24, 2.45) is 0 Å². The molecule has 6 heteroatoms. The van der Waals surface area contributed by atoms with E-state index in [4.69, 9.17) is 4.74 Å². The number of benzene rings is 1. The van der Waals surface area contributed by atoms with Crippen molar-refractivity contribution in [2.75, 3.05) is 19.0 Å².